The van der Waals surface area contributed by atoms with Gasteiger partial charge in [-0.2, -0.15) is 0 Å². The maximum Gasteiger partial charge on any atom is 0.356 e. The Labute approximate surface area is 116 Å². The van der Waals surface area contributed by atoms with Crippen molar-refractivity contribution in [2.45, 2.75) is 32.4 Å². The van der Waals surface area contributed by atoms with E-state index in [2.05, 4.69) is 4.98 Å². The lowest BCUT2D eigenvalue weighted by Gasteiger charge is -2.22. The van der Waals surface area contributed by atoms with E-state index in [1.54, 1.807) is 0 Å². The van der Waals surface area contributed by atoms with Gasteiger partial charge in [0.25, 0.3) is 0 Å². The molecular weight excluding hydrogens is 256 g/mol. The first-order valence-electron chi connectivity index (χ1n) is 6.64. The summed E-state index contributed by atoms with van der Waals surface area (Å²) >= 11 is 0. The minimum atomic E-state index is -1.01. The molecule has 3 rings (SSSR count). The SMILES string of the molecule is Cc1ccccc1-c1nc(C(=O)O)c2n1CC(O)CC2. The van der Waals surface area contributed by atoms with Gasteiger partial charge in [-0.05, 0) is 25.3 Å². The van der Waals surface area contributed by atoms with Crippen LogP contribution in [0.5, 0.6) is 0 Å². The summed E-state index contributed by atoms with van der Waals surface area (Å²) in [6, 6.07) is 7.74. The summed E-state index contributed by atoms with van der Waals surface area (Å²) in [5.41, 5.74) is 2.77. The standard InChI is InChI=1S/C15H16N2O3/c1-9-4-2-3-5-11(9)14-16-13(15(19)20)12-7-6-10(18)8-17(12)14/h2-5,10,18H,6-8H2,1H3,(H,19,20). The molecule has 0 amide bonds. The Kier molecular flexibility index (Phi) is 3.06. The molecule has 1 atom stereocenters. The number of benzene rings is 1. The molecule has 20 heavy (non-hydrogen) atoms. The Morgan fingerprint density at radius 2 is 2.15 bits per heavy atom. The molecule has 2 heterocycles. The van der Waals surface area contributed by atoms with E-state index in [1.807, 2.05) is 35.8 Å². The third-order valence-electron chi connectivity index (χ3n) is 3.77. The first-order valence-corrected chi connectivity index (χ1v) is 6.64. The van der Waals surface area contributed by atoms with Gasteiger partial charge in [-0.3, -0.25) is 0 Å². The molecule has 0 saturated heterocycles. The van der Waals surface area contributed by atoms with Crippen LogP contribution in [0.1, 0.15) is 28.2 Å². The van der Waals surface area contributed by atoms with Crippen LogP contribution < -0.4 is 0 Å². The number of carbonyl (C=O) groups is 1. The third kappa shape index (κ3) is 2.00. The summed E-state index contributed by atoms with van der Waals surface area (Å²) in [5.74, 6) is -0.376. The van der Waals surface area contributed by atoms with Crippen LogP contribution in [0.25, 0.3) is 11.4 Å². The number of aliphatic hydroxyl groups is 1. The highest BCUT2D eigenvalue weighted by molar-refractivity contribution is 5.88. The number of carboxylic acids is 1. The molecule has 0 aliphatic carbocycles. The third-order valence-corrected chi connectivity index (χ3v) is 3.77. The molecule has 1 aromatic heterocycles. The predicted octanol–water partition coefficient (Wildman–Crippen LogP) is 1.86. The average Bonchev–Trinajstić information content (AvgIpc) is 2.78. The van der Waals surface area contributed by atoms with Gasteiger partial charge in [-0.1, -0.05) is 24.3 Å². The highest BCUT2D eigenvalue weighted by Gasteiger charge is 2.28. The summed E-state index contributed by atoms with van der Waals surface area (Å²) in [5, 5.41) is 19.1. The summed E-state index contributed by atoms with van der Waals surface area (Å²) in [6.45, 7) is 2.37. The fraction of sp³-hybridized carbons (Fsp3) is 0.333. The van der Waals surface area contributed by atoms with Crippen LogP contribution in [0.15, 0.2) is 24.3 Å². The molecular formula is C15H16N2O3. The largest absolute Gasteiger partial charge is 0.476 e. The van der Waals surface area contributed by atoms with Gasteiger partial charge in [0, 0.05) is 5.56 Å². The molecule has 2 aromatic rings. The topological polar surface area (TPSA) is 75.3 Å². The van der Waals surface area contributed by atoms with Crippen molar-refractivity contribution in [3.8, 4) is 11.4 Å². The van der Waals surface area contributed by atoms with E-state index in [0.717, 1.165) is 11.1 Å². The molecule has 104 valence electrons. The first kappa shape index (κ1) is 12.9. The molecule has 0 spiro atoms. The summed E-state index contributed by atoms with van der Waals surface area (Å²) in [6.07, 6.45) is 0.682. The molecule has 1 unspecified atom stereocenters. The maximum absolute atomic E-state index is 11.3. The van der Waals surface area contributed by atoms with E-state index in [0.29, 0.717) is 30.9 Å². The van der Waals surface area contributed by atoms with Gasteiger partial charge in [0.15, 0.2) is 5.69 Å². The van der Waals surface area contributed by atoms with Crippen molar-refractivity contribution < 1.29 is 15.0 Å². The number of aromatic carboxylic acids is 1. The number of hydrogen-bond donors (Lipinski definition) is 2. The first-order chi connectivity index (χ1) is 9.58. The van der Waals surface area contributed by atoms with E-state index in [1.165, 1.54) is 0 Å². The second kappa shape index (κ2) is 4.76. The summed E-state index contributed by atoms with van der Waals surface area (Å²) in [4.78, 5) is 15.7. The molecule has 0 fully saturated rings. The van der Waals surface area contributed by atoms with E-state index in [4.69, 9.17) is 0 Å². The summed E-state index contributed by atoms with van der Waals surface area (Å²) in [7, 11) is 0. The second-order valence-corrected chi connectivity index (χ2v) is 5.15. The molecule has 0 saturated carbocycles. The fourth-order valence-electron chi connectivity index (χ4n) is 2.74. The molecule has 5 nitrogen and oxygen atoms in total. The van der Waals surface area contributed by atoms with Gasteiger partial charge >= 0.3 is 5.97 Å². The van der Waals surface area contributed by atoms with Crippen LogP contribution in [0.3, 0.4) is 0 Å². The zero-order chi connectivity index (χ0) is 14.3. The molecule has 5 heteroatoms. The number of imidazole rings is 1. The Morgan fingerprint density at radius 3 is 2.85 bits per heavy atom. The minimum absolute atomic E-state index is 0.107. The van der Waals surface area contributed by atoms with Crippen molar-refractivity contribution in [1.82, 2.24) is 9.55 Å². The van der Waals surface area contributed by atoms with Gasteiger partial charge in [-0.15, -0.1) is 0 Å². The molecule has 1 aliphatic rings. The number of aryl methyl sites for hydroxylation is 1. The molecule has 0 radical (unpaired) electrons. The maximum atomic E-state index is 11.3. The monoisotopic (exact) mass is 272 g/mol. The van der Waals surface area contributed by atoms with E-state index >= 15 is 0 Å². The van der Waals surface area contributed by atoms with Crippen LogP contribution >= 0.6 is 0 Å². The van der Waals surface area contributed by atoms with Gasteiger partial charge < -0.3 is 14.8 Å². The second-order valence-electron chi connectivity index (χ2n) is 5.15. The van der Waals surface area contributed by atoms with Crippen molar-refractivity contribution in [2.24, 2.45) is 0 Å². The van der Waals surface area contributed by atoms with Gasteiger partial charge in [0.05, 0.1) is 18.3 Å². The Balaban J connectivity index is 2.21. The van der Waals surface area contributed by atoms with Gasteiger partial charge in [-0.25, -0.2) is 9.78 Å². The zero-order valence-corrected chi connectivity index (χ0v) is 11.2. The van der Waals surface area contributed by atoms with E-state index in [9.17, 15) is 15.0 Å². The molecule has 2 N–H and O–H groups in total. The van der Waals surface area contributed by atoms with Crippen LogP contribution in [-0.2, 0) is 13.0 Å². The minimum Gasteiger partial charge on any atom is -0.476 e. The Hall–Kier alpha value is -2.14. The number of fused-ring (bicyclic) bond motifs is 1. The Morgan fingerprint density at radius 1 is 1.40 bits per heavy atom. The van der Waals surface area contributed by atoms with E-state index in [-0.39, 0.29) is 5.69 Å². The average molecular weight is 272 g/mol. The molecule has 1 aromatic carbocycles. The van der Waals surface area contributed by atoms with Crippen LogP contribution in [0, 0.1) is 6.92 Å². The van der Waals surface area contributed by atoms with Crippen molar-refractivity contribution >= 4 is 5.97 Å². The van der Waals surface area contributed by atoms with Crippen molar-refractivity contribution in [2.75, 3.05) is 0 Å². The highest BCUT2D eigenvalue weighted by atomic mass is 16.4. The lowest BCUT2D eigenvalue weighted by molar-refractivity contribution is 0.0686. The van der Waals surface area contributed by atoms with Crippen LogP contribution in [0.4, 0.5) is 0 Å². The highest BCUT2D eigenvalue weighted by Crippen LogP contribution is 2.29. The lowest BCUT2D eigenvalue weighted by Crippen LogP contribution is -2.25. The predicted molar refractivity (Wildman–Crippen MR) is 73.7 cm³/mol. The van der Waals surface area contributed by atoms with Crippen molar-refractivity contribution in [3.63, 3.8) is 0 Å². The number of aliphatic hydroxyl groups excluding tert-OH is 1. The quantitative estimate of drug-likeness (QED) is 0.875. The van der Waals surface area contributed by atoms with Crippen molar-refractivity contribution in [1.29, 1.82) is 0 Å². The number of aromatic nitrogens is 2. The zero-order valence-electron chi connectivity index (χ0n) is 11.2. The Bertz CT molecular complexity index is 676. The number of carboxylic acid groups (broad SMARTS) is 1. The number of hydrogen-bond acceptors (Lipinski definition) is 3. The van der Waals surface area contributed by atoms with Gasteiger partial charge in [0.2, 0.25) is 0 Å². The van der Waals surface area contributed by atoms with Crippen LogP contribution in [-0.4, -0.2) is 31.8 Å². The van der Waals surface area contributed by atoms with Crippen molar-refractivity contribution in [3.05, 3.63) is 41.2 Å². The van der Waals surface area contributed by atoms with Crippen LogP contribution in [0.2, 0.25) is 0 Å². The summed E-state index contributed by atoms with van der Waals surface area (Å²) < 4.78 is 1.85. The molecule has 0 bridgehead atoms. The smallest absolute Gasteiger partial charge is 0.356 e. The normalized spacial score (nSPS) is 17.8. The number of nitrogens with zero attached hydrogens (tertiary/aromatic N) is 2. The van der Waals surface area contributed by atoms with E-state index < -0.39 is 12.1 Å². The lowest BCUT2D eigenvalue weighted by atomic mass is 10.0. The fourth-order valence-corrected chi connectivity index (χ4v) is 2.74. The number of rotatable bonds is 2. The van der Waals surface area contributed by atoms with Gasteiger partial charge in [0.1, 0.15) is 5.82 Å². The molecule has 1 aliphatic heterocycles.